The summed E-state index contributed by atoms with van der Waals surface area (Å²) in [6.07, 6.45) is 5.02. The number of hydrogen-bond donors (Lipinski definition) is 2. The molecule has 0 spiro atoms. The number of nitrogens with one attached hydrogen (secondary N) is 2. The zero-order chi connectivity index (χ0) is 21.0. The maximum absolute atomic E-state index is 6.02. The number of aliphatic imine (C=N–C) groups is 1. The standard InChI is InChI=1S/C24H41N5O/c1-3-25-24(26-13-7-8-14-29-17-15-28(4-2)16-18-29)27-19-22-9-5-6-10-23(22)30-20-21-11-12-21/h5-6,9-10,21H,3-4,7-8,11-20H2,1-2H3,(H2,25,26,27). The van der Waals surface area contributed by atoms with Crippen LogP contribution < -0.4 is 15.4 Å². The second-order valence-electron chi connectivity index (χ2n) is 8.47. The van der Waals surface area contributed by atoms with Crippen LogP contribution in [0.1, 0.15) is 45.1 Å². The largest absolute Gasteiger partial charge is 0.493 e. The number of nitrogens with zero attached hydrogens (tertiary/aromatic N) is 3. The van der Waals surface area contributed by atoms with Crippen LogP contribution in [0.4, 0.5) is 0 Å². The van der Waals surface area contributed by atoms with Gasteiger partial charge in [0.15, 0.2) is 5.96 Å². The molecular formula is C24H41N5O. The Morgan fingerprint density at radius 2 is 1.80 bits per heavy atom. The van der Waals surface area contributed by atoms with E-state index in [1.807, 2.05) is 6.07 Å². The third-order valence-corrected chi connectivity index (χ3v) is 6.00. The fourth-order valence-electron chi connectivity index (χ4n) is 3.77. The molecule has 0 aromatic heterocycles. The summed E-state index contributed by atoms with van der Waals surface area (Å²) in [6.45, 7) is 14.9. The lowest BCUT2D eigenvalue weighted by atomic mass is 10.2. The second-order valence-corrected chi connectivity index (χ2v) is 8.47. The summed E-state index contributed by atoms with van der Waals surface area (Å²) in [4.78, 5) is 9.93. The summed E-state index contributed by atoms with van der Waals surface area (Å²) in [5, 5.41) is 6.86. The third kappa shape index (κ3) is 8.15. The van der Waals surface area contributed by atoms with E-state index < -0.39 is 0 Å². The van der Waals surface area contributed by atoms with Crippen molar-refractivity contribution < 1.29 is 4.74 Å². The summed E-state index contributed by atoms with van der Waals surface area (Å²) < 4.78 is 6.02. The lowest BCUT2D eigenvalue weighted by molar-refractivity contribution is 0.136. The molecule has 1 aromatic rings. The quantitative estimate of drug-likeness (QED) is 0.312. The van der Waals surface area contributed by atoms with Crippen molar-refractivity contribution in [1.29, 1.82) is 0 Å². The van der Waals surface area contributed by atoms with Gasteiger partial charge < -0.3 is 25.2 Å². The molecule has 168 valence electrons. The van der Waals surface area contributed by atoms with Gasteiger partial charge in [0.1, 0.15) is 5.75 Å². The molecule has 2 aliphatic rings. The average molecular weight is 416 g/mol. The molecule has 1 saturated heterocycles. The van der Waals surface area contributed by atoms with Gasteiger partial charge in [0.25, 0.3) is 0 Å². The molecule has 0 radical (unpaired) electrons. The number of likely N-dealkylation sites (N-methyl/N-ethyl adjacent to an activating group) is 1. The molecule has 0 atom stereocenters. The van der Waals surface area contributed by atoms with Gasteiger partial charge in [-0.1, -0.05) is 25.1 Å². The maximum atomic E-state index is 6.02. The van der Waals surface area contributed by atoms with Crippen molar-refractivity contribution >= 4 is 5.96 Å². The van der Waals surface area contributed by atoms with Gasteiger partial charge in [0.2, 0.25) is 0 Å². The maximum Gasteiger partial charge on any atom is 0.191 e. The molecule has 0 amide bonds. The van der Waals surface area contributed by atoms with Crippen LogP contribution in [0.2, 0.25) is 0 Å². The first-order valence-electron chi connectivity index (χ1n) is 12.0. The van der Waals surface area contributed by atoms with Crippen LogP contribution in [-0.2, 0) is 6.54 Å². The number of unbranched alkanes of at least 4 members (excludes halogenated alkanes) is 1. The predicted octanol–water partition coefficient (Wildman–Crippen LogP) is 2.95. The Kier molecular flexibility index (Phi) is 9.77. The summed E-state index contributed by atoms with van der Waals surface area (Å²) in [5.74, 6) is 2.63. The minimum Gasteiger partial charge on any atom is -0.493 e. The topological polar surface area (TPSA) is 52.1 Å². The molecule has 2 N–H and O–H groups in total. The molecule has 0 unspecified atom stereocenters. The molecule has 30 heavy (non-hydrogen) atoms. The highest BCUT2D eigenvalue weighted by Gasteiger charge is 2.22. The van der Waals surface area contributed by atoms with Gasteiger partial charge in [0, 0.05) is 44.8 Å². The molecule has 1 aromatic carbocycles. The first-order valence-corrected chi connectivity index (χ1v) is 12.0. The first kappa shape index (κ1) is 22.9. The van der Waals surface area contributed by atoms with Gasteiger partial charge in [0.05, 0.1) is 13.2 Å². The highest BCUT2D eigenvalue weighted by molar-refractivity contribution is 5.79. The van der Waals surface area contributed by atoms with E-state index >= 15 is 0 Å². The highest BCUT2D eigenvalue weighted by Crippen LogP contribution is 2.30. The van der Waals surface area contributed by atoms with Crippen LogP contribution in [0.5, 0.6) is 5.75 Å². The summed E-state index contributed by atoms with van der Waals surface area (Å²) in [7, 11) is 0. The molecule has 6 nitrogen and oxygen atoms in total. The summed E-state index contributed by atoms with van der Waals surface area (Å²) in [6, 6.07) is 8.29. The Morgan fingerprint density at radius 3 is 2.53 bits per heavy atom. The first-order chi connectivity index (χ1) is 14.8. The zero-order valence-electron chi connectivity index (χ0n) is 19.0. The Labute approximate surface area is 183 Å². The van der Waals surface area contributed by atoms with Gasteiger partial charge in [-0.3, -0.25) is 0 Å². The van der Waals surface area contributed by atoms with Crippen LogP contribution in [0.15, 0.2) is 29.3 Å². The number of rotatable bonds is 12. The molecule has 2 fully saturated rings. The van der Waals surface area contributed by atoms with Crippen LogP contribution >= 0.6 is 0 Å². The van der Waals surface area contributed by atoms with Crippen molar-refractivity contribution in [2.75, 3.05) is 59.0 Å². The van der Waals surface area contributed by atoms with Crippen molar-refractivity contribution in [3.8, 4) is 5.75 Å². The number of hydrogen-bond acceptors (Lipinski definition) is 4. The minimum absolute atomic E-state index is 0.637. The van der Waals surface area contributed by atoms with Crippen LogP contribution in [0.3, 0.4) is 0 Å². The lowest BCUT2D eigenvalue weighted by Gasteiger charge is -2.34. The normalized spacial score (nSPS) is 18.4. The lowest BCUT2D eigenvalue weighted by Crippen LogP contribution is -2.46. The van der Waals surface area contributed by atoms with E-state index in [9.17, 15) is 0 Å². The molecule has 1 saturated carbocycles. The number of guanidine groups is 1. The molecule has 0 bridgehead atoms. The Bertz CT molecular complexity index is 638. The van der Waals surface area contributed by atoms with Gasteiger partial charge in [-0.25, -0.2) is 4.99 Å². The number of piperazine rings is 1. The molecule has 3 rings (SSSR count). The van der Waals surface area contributed by atoms with Crippen molar-refractivity contribution in [1.82, 2.24) is 20.4 Å². The van der Waals surface area contributed by atoms with E-state index in [2.05, 4.69) is 52.5 Å². The monoisotopic (exact) mass is 415 g/mol. The van der Waals surface area contributed by atoms with E-state index in [1.165, 1.54) is 65.0 Å². The Balaban J connectivity index is 1.37. The molecule has 1 aliphatic heterocycles. The number of para-hydroxylation sites is 1. The summed E-state index contributed by atoms with van der Waals surface area (Å²) >= 11 is 0. The van der Waals surface area contributed by atoms with Gasteiger partial charge >= 0.3 is 0 Å². The van der Waals surface area contributed by atoms with E-state index in [4.69, 9.17) is 9.73 Å². The smallest absolute Gasteiger partial charge is 0.191 e. The highest BCUT2D eigenvalue weighted by atomic mass is 16.5. The van der Waals surface area contributed by atoms with Crippen molar-refractivity contribution in [2.24, 2.45) is 10.9 Å². The fraction of sp³-hybridized carbons (Fsp3) is 0.708. The zero-order valence-corrected chi connectivity index (χ0v) is 19.0. The van der Waals surface area contributed by atoms with Gasteiger partial charge in [-0.15, -0.1) is 0 Å². The average Bonchev–Trinajstić information content (AvgIpc) is 3.61. The Hall–Kier alpha value is -1.79. The molecule has 1 heterocycles. The number of ether oxygens (including phenoxy) is 1. The van der Waals surface area contributed by atoms with Crippen molar-refractivity contribution in [2.45, 2.75) is 46.1 Å². The van der Waals surface area contributed by atoms with E-state index in [1.54, 1.807) is 0 Å². The van der Waals surface area contributed by atoms with Crippen LogP contribution in [-0.4, -0.2) is 74.7 Å². The van der Waals surface area contributed by atoms with Gasteiger partial charge in [-0.05, 0) is 57.7 Å². The molecule has 6 heteroatoms. The van der Waals surface area contributed by atoms with Gasteiger partial charge in [-0.2, -0.15) is 0 Å². The minimum atomic E-state index is 0.637. The van der Waals surface area contributed by atoms with E-state index in [0.717, 1.165) is 42.9 Å². The van der Waals surface area contributed by atoms with E-state index in [0.29, 0.717) is 6.54 Å². The fourth-order valence-corrected chi connectivity index (χ4v) is 3.77. The van der Waals surface area contributed by atoms with Crippen LogP contribution in [0.25, 0.3) is 0 Å². The Morgan fingerprint density at radius 1 is 1.03 bits per heavy atom. The summed E-state index contributed by atoms with van der Waals surface area (Å²) in [5.41, 5.74) is 1.15. The molecule has 1 aliphatic carbocycles. The second kappa shape index (κ2) is 12.8. The SMILES string of the molecule is CCNC(=NCc1ccccc1OCC1CC1)NCCCCN1CCN(CC)CC1. The third-order valence-electron chi connectivity index (χ3n) is 6.00. The predicted molar refractivity (Wildman–Crippen MR) is 125 cm³/mol. The number of benzene rings is 1. The molecular weight excluding hydrogens is 374 g/mol. The van der Waals surface area contributed by atoms with Crippen LogP contribution in [0, 0.1) is 5.92 Å². The van der Waals surface area contributed by atoms with Crippen molar-refractivity contribution in [3.63, 3.8) is 0 Å². The van der Waals surface area contributed by atoms with Crippen molar-refractivity contribution in [3.05, 3.63) is 29.8 Å². The van der Waals surface area contributed by atoms with E-state index in [-0.39, 0.29) is 0 Å².